The number of para-hydroxylation sites is 1. The highest BCUT2D eigenvalue weighted by Gasteiger charge is 2.04. The van der Waals surface area contributed by atoms with E-state index in [-0.39, 0.29) is 12.4 Å². The molecule has 2 N–H and O–H groups in total. The number of hydrogen-bond donors (Lipinski definition) is 1. The number of nitrogens with two attached hydrogens (primary N) is 1. The van der Waals surface area contributed by atoms with Gasteiger partial charge in [0, 0.05) is 11.1 Å². The molecule has 0 radical (unpaired) electrons. The standard InChI is InChI=1S/C14H13FN2O/c15-13-7-3-1-6-12(13)10-18-14-8-4-2-5-11(14)9-17-16/h1-9H,10,16H2. The van der Waals surface area contributed by atoms with Gasteiger partial charge in [-0.3, -0.25) is 0 Å². The summed E-state index contributed by atoms with van der Waals surface area (Å²) < 4.78 is 19.0. The Balaban J connectivity index is 2.13. The fourth-order valence-corrected chi connectivity index (χ4v) is 1.57. The summed E-state index contributed by atoms with van der Waals surface area (Å²) in [5.74, 6) is 5.46. The third-order valence-electron chi connectivity index (χ3n) is 2.47. The van der Waals surface area contributed by atoms with Crippen LogP contribution in [0.1, 0.15) is 11.1 Å². The highest BCUT2D eigenvalue weighted by atomic mass is 19.1. The molecular formula is C14H13FN2O. The SMILES string of the molecule is NN=Cc1ccccc1OCc1ccccc1F. The molecule has 2 aromatic rings. The van der Waals surface area contributed by atoms with Gasteiger partial charge in [-0.1, -0.05) is 30.3 Å². The number of ether oxygens (including phenoxy) is 1. The van der Waals surface area contributed by atoms with E-state index in [9.17, 15) is 4.39 Å². The molecule has 2 aromatic carbocycles. The zero-order chi connectivity index (χ0) is 12.8. The van der Waals surface area contributed by atoms with Gasteiger partial charge >= 0.3 is 0 Å². The lowest BCUT2D eigenvalue weighted by atomic mass is 10.2. The molecule has 0 aromatic heterocycles. The number of nitrogens with zero attached hydrogens (tertiary/aromatic N) is 1. The van der Waals surface area contributed by atoms with Crippen LogP contribution in [0.4, 0.5) is 4.39 Å². The Morgan fingerprint density at radius 3 is 2.61 bits per heavy atom. The lowest BCUT2D eigenvalue weighted by Crippen LogP contribution is -2.00. The monoisotopic (exact) mass is 244 g/mol. The fourth-order valence-electron chi connectivity index (χ4n) is 1.57. The first-order chi connectivity index (χ1) is 8.81. The van der Waals surface area contributed by atoms with Gasteiger partial charge in [0.15, 0.2) is 0 Å². The van der Waals surface area contributed by atoms with Crippen molar-refractivity contribution in [3.63, 3.8) is 0 Å². The van der Waals surface area contributed by atoms with Gasteiger partial charge in [-0.15, -0.1) is 0 Å². The quantitative estimate of drug-likeness (QED) is 0.510. The largest absolute Gasteiger partial charge is 0.488 e. The van der Waals surface area contributed by atoms with Crippen LogP contribution < -0.4 is 10.6 Å². The predicted molar refractivity (Wildman–Crippen MR) is 69.0 cm³/mol. The molecule has 0 saturated heterocycles. The molecule has 0 bridgehead atoms. The van der Waals surface area contributed by atoms with Crippen molar-refractivity contribution in [3.8, 4) is 5.75 Å². The Bertz CT molecular complexity index is 555. The van der Waals surface area contributed by atoms with E-state index >= 15 is 0 Å². The molecule has 4 heteroatoms. The minimum atomic E-state index is -0.275. The van der Waals surface area contributed by atoms with Crippen molar-refractivity contribution in [2.45, 2.75) is 6.61 Å². The Labute approximate surface area is 105 Å². The van der Waals surface area contributed by atoms with Gasteiger partial charge in [-0.05, 0) is 18.2 Å². The van der Waals surface area contributed by atoms with Gasteiger partial charge in [0.1, 0.15) is 18.2 Å². The second-order valence-corrected chi connectivity index (χ2v) is 3.70. The summed E-state index contributed by atoms with van der Waals surface area (Å²) in [5, 5.41) is 3.46. The first-order valence-corrected chi connectivity index (χ1v) is 5.50. The van der Waals surface area contributed by atoms with E-state index in [1.807, 2.05) is 18.2 Å². The molecule has 0 aliphatic carbocycles. The van der Waals surface area contributed by atoms with E-state index in [2.05, 4.69) is 5.10 Å². The second-order valence-electron chi connectivity index (χ2n) is 3.70. The number of benzene rings is 2. The summed E-state index contributed by atoms with van der Waals surface area (Å²) in [6.07, 6.45) is 1.50. The summed E-state index contributed by atoms with van der Waals surface area (Å²) >= 11 is 0. The molecule has 0 aliphatic heterocycles. The van der Waals surface area contributed by atoms with Gasteiger partial charge < -0.3 is 10.6 Å². The Morgan fingerprint density at radius 1 is 1.11 bits per heavy atom. The van der Waals surface area contributed by atoms with Crippen molar-refractivity contribution in [1.82, 2.24) is 0 Å². The average Bonchev–Trinajstić information content (AvgIpc) is 2.40. The summed E-state index contributed by atoms with van der Waals surface area (Å²) in [4.78, 5) is 0. The number of halogens is 1. The van der Waals surface area contributed by atoms with Crippen LogP contribution in [0.5, 0.6) is 5.75 Å². The van der Waals surface area contributed by atoms with Crippen LogP contribution in [0.15, 0.2) is 53.6 Å². The highest BCUT2D eigenvalue weighted by molar-refractivity contribution is 5.83. The molecule has 0 unspecified atom stereocenters. The molecule has 0 fully saturated rings. The summed E-state index contributed by atoms with van der Waals surface area (Å²) in [5.41, 5.74) is 1.27. The summed E-state index contributed by atoms with van der Waals surface area (Å²) in [7, 11) is 0. The number of hydrogen-bond acceptors (Lipinski definition) is 3. The normalized spacial score (nSPS) is 10.7. The van der Waals surface area contributed by atoms with E-state index in [0.29, 0.717) is 11.3 Å². The van der Waals surface area contributed by atoms with Crippen LogP contribution in [0, 0.1) is 5.82 Å². The number of rotatable bonds is 4. The second kappa shape index (κ2) is 5.82. The van der Waals surface area contributed by atoms with Crippen molar-refractivity contribution in [1.29, 1.82) is 0 Å². The maximum atomic E-state index is 13.4. The lowest BCUT2D eigenvalue weighted by molar-refractivity contribution is 0.299. The van der Waals surface area contributed by atoms with Crippen molar-refractivity contribution < 1.29 is 9.13 Å². The number of hydrazone groups is 1. The molecule has 2 rings (SSSR count). The van der Waals surface area contributed by atoms with Crippen LogP contribution in [-0.4, -0.2) is 6.21 Å². The van der Waals surface area contributed by atoms with Crippen molar-refractivity contribution in [3.05, 3.63) is 65.5 Å². The van der Waals surface area contributed by atoms with Crippen LogP contribution in [0.3, 0.4) is 0 Å². The smallest absolute Gasteiger partial charge is 0.129 e. The van der Waals surface area contributed by atoms with E-state index in [4.69, 9.17) is 10.6 Å². The lowest BCUT2D eigenvalue weighted by Gasteiger charge is -2.09. The van der Waals surface area contributed by atoms with Gasteiger partial charge in [-0.2, -0.15) is 5.10 Å². The molecule has 0 heterocycles. The Hall–Kier alpha value is -2.36. The maximum Gasteiger partial charge on any atom is 0.129 e. The van der Waals surface area contributed by atoms with E-state index in [1.54, 1.807) is 24.3 Å². The first-order valence-electron chi connectivity index (χ1n) is 5.50. The zero-order valence-corrected chi connectivity index (χ0v) is 9.71. The van der Waals surface area contributed by atoms with Crippen LogP contribution in [0.2, 0.25) is 0 Å². The van der Waals surface area contributed by atoms with Crippen LogP contribution >= 0.6 is 0 Å². The van der Waals surface area contributed by atoms with E-state index < -0.39 is 0 Å². The van der Waals surface area contributed by atoms with Crippen molar-refractivity contribution in [2.75, 3.05) is 0 Å². The predicted octanol–water partition coefficient (Wildman–Crippen LogP) is 2.70. The molecule has 92 valence electrons. The van der Waals surface area contributed by atoms with E-state index in [0.717, 1.165) is 5.56 Å². The Kier molecular flexibility index (Phi) is 3.91. The molecular weight excluding hydrogens is 231 g/mol. The van der Waals surface area contributed by atoms with Gasteiger partial charge in [-0.25, -0.2) is 4.39 Å². The van der Waals surface area contributed by atoms with E-state index in [1.165, 1.54) is 12.3 Å². The minimum absolute atomic E-state index is 0.169. The minimum Gasteiger partial charge on any atom is -0.488 e. The molecule has 0 atom stereocenters. The highest BCUT2D eigenvalue weighted by Crippen LogP contribution is 2.18. The molecule has 0 aliphatic rings. The summed E-state index contributed by atoms with van der Waals surface area (Å²) in [6, 6.07) is 13.8. The third kappa shape index (κ3) is 2.85. The molecule has 0 spiro atoms. The van der Waals surface area contributed by atoms with Gasteiger partial charge in [0.05, 0.1) is 6.21 Å². The van der Waals surface area contributed by atoms with Crippen LogP contribution in [-0.2, 0) is 6.61 Å². The van der Waals surface area contributed by atoms with Crippen LogP contribution in [0.25, 0.3) is 0 Å². The van der Waals surface area contributed by atoms with Gasteiger partial charge in [0.25, 0.3) is 0 Å². The van der Waals surface area contributed by atoms with Gasteiger partial charge in [0.2, 0.25) is 0 Å². The fraction of sp³-hybridized carbons (Fsp3) is 0.0714. The molecule has 3 nitrogen and oxygen atoms in total. The molecule has 0 saturated carbocycles. The Morgan fingerprint density at radius 2 is 1.83 bits per heavy atom. The molecule has 18 heavy (non-hydrogen) atoms. The topological polar surface area (TPSA) is 47.6 Å². The summed E-state index contributed by atoms with van der Waals surface area (Å²) in [6.45, 7) is 0.169. The average molecular weight is 244 g/mol. The molecule has 0 amide bonds. The maximum absolute atomic E-state index is 13.4. The van der Waals surface area contributed by atoms with Crippen molar-refractivity contribution >= 4 is 6.21 Å². The third-order valence-corrected chi connectivity index (χ3v) is 2.47. The first kappa shape index (κ1) is 12.1. The zero-order valence-electron chi connectivity index (χ0n) is 9.71. The van der Waals surface area contributed by atoms with Crippen molar-refractivity contribution in [2.24, 2.45) is 10.9 Å².